The molecule has 0 heterocycles. The van der Waals surface area contributed by atoms with E-state index in [0.29, 0.717) is 6.42 Å². The predicted molar refractivity (Wildman–Crippen MR) is 60.5 cm³/mol. The Morgan fingerprint density at radius 3 is 2.67 bits per heavy atom. The second kappa shape index (κ2) is 8.48. The molecule has 0 spiro atoms. The second-order valence-corrected chi connectivity index (χ2v) is 3.84. The van der Waals surface area contributed by atoms with Gasteiger partial charge in [-0.05, 0) is 18.8 Å². The van der Waals surface area contributed by atoms with Gasteiger partial charge in [0, 0.05) is 6.42 Å². The molecule has 0 saturated carbocycles. The molecule has 3 heteroatoms. The number of rotatable bonds is 8. The molecule has 0 aliphatic carbocycles. The van der Waals surface area contributed by atoms with Gasteiger partial charge in [0.25, 0.3) is 0 Å². The highest BCUT2D eigenvalue weighted by Gasteiger charge is 2.09. The summed E-state index contributed by atoms with van der Waals surface area (Å²) >= 11 is 0. The summed E-state index contributed by atoms with van der Waals surface area (Å²) in [5.74, 6) is -0.0133. The Morgan fingerprint density at radius 1 is 1.47 bits per heavy atom. The fraction of sp³-hybridized carbons (Fsp3) is 0.750. The van der Waals surface area contributed by atoms with Crippen LogP contribution < -0.4 is 0 Å². The van der Waals surface area contributed by atoms with Crippen molar-refractivity contribution in [3.05, 3.63) is 12.7 Å². The van der Waals surface area contributed by atoms with E-state index < -0.39 is 0 Å². The molecule has 0 saturated heterocycles. The number of hydrogen-bond donors (Lipinski definition) is 1. The van der Waals surface area contributed by atoms with Gasteiger partial charge in [-0.15, -0.1) is 6.58 Å². The molecule has 0 aromatic rings. The Kier molecular flexibility index (Phi) is 8.01. The number of ether oxygens (including phenoxy) is 1. The Morgan fingerprint density at radius 2 is 2.13 bits per heavy atom. The molecule has 0 amide bonds. The average molecular weight is 214 g/mol. The van der Waals surface area contributed by atoms with Crippen LogP contribution >= 0.6 is 0 Å². The van der Waals surface area contributed by atoms with Crippen LogP contribution in [0.3, 0.4) is 0 Å². The van der Waals surface area contributed by atoms with Crippen molar-refractivity contribution >= 4 is 5.97 Å². The maximum Gasteiger partial charge on any atom is 0.305 e. The van der Waals surface area contributed by atoms with E-state index in [4.69, 9.17) is 0 Å². The van der Waals surface area contributed by atoms with Crippen molar-refractivity contribution in [2.75, 3.05) is 7.11 Å². The highest BCUT2D eigenvalue weighted by atomic mass is 16.5. The normalized spacial score (nSPS) is 14.3. The van der Waals surface area contributed by atoms with Gasteiger partial charge in [-0.2, -0.15) is 0 Å². The third-order valence-corrected chi connectivity index (χ3v) is 2.59. The zero-order valence-corrected chi connectivity index (χ0v) is 9.74. The van der Waals surface area contributed by atoms with Crippen LogP contribution in [0.5, 0.6) is 0 Å². The lowest BCUT2D eigenvalue weighted by Crippen LogP contribution is -2.15. The summed E-state index contributed by atoms with van der Waals surface area (Å²) in [5.41, 5.74) is 0. The lowest BCUT2D eigenvalue weighted by Gasteiger charge is -2.14. The van der Waals surface area contributed by atoms with Gasteiger partial charge < -0.3 is 9.84 Å². The van der Waals surface area contributed by atoms with Crippen molar-refractivity contribution in [3.8, 4) is 0 Å². The van der Waals surface area contributed by atoms with E-state index in [0.717, 1.165) is 25.7 Å². The Hall–Kier alpha value is -0.830. The van der Waals surface area contributed by atoms with Crippen molar-refractivity contribution in [1.29, 1.82) is 0 Å². The van der Waals surface area contributed by atoms with E-state index in [1.54, 1.807) is 6.08 Å². The summed E-state index contributed by atoms with van der Waals surface area (Å²) in [6, 6.07) is 0. The van der Waals surface area contributed by atoms with Gasteiger partial charge in [0.05, 0.1) is 13.2 Å². The molecule has 0 rings (SSSR count). The quantitative estimate of drug-likeness (QED) is 0.383. The number of aliphatic hydroxyl groups is 1. The first-order chi connectivity index (χ1) is 7.11. The van der Waals surface area contributed by atoms with Crippen LogP contribution in [0.2, 0.25) is 0 Å². The SMILES string of the molecule is C=C[C@@H](C)[C@H](O)CCCCCC(=O)OC. The standard InChI is InChI=1S/C12H22O3/c1-4-10(2)11(13)8-6-5-7-9-12(14)15-3/h4,10-11,13H,1,5-9H2,2-3H3/t10-,11-/m1/s1. The maximum absolute atomic E-state index is 10.8. The monoisotopic (exact) mass is 214 g/mol. The highest BCUT2D eigenvalue weighted by molar-refractivity contribution is 5.68. The van der Waals surface area contributed by atoms with E-state index in [-0.39, 0.29) is 18.0 Å². The smallest absolute Gasteiger partial charge is 0.305 e. The van der Waals surface area contributed by atoms with E-state index in [1.807, 2.05) is 6.92 Å². The van der Waals surface area contributed by atoms with Gasteiger partial charge in [-0.3, -0.25) is 4.79 Å². The van der Waals surface area contributed by atoms with E-state index in [1.165, 1.54) is 7.11 Å². The van der Waals surface area contributed by atoms with Gasteiger partial charge >= 0.3 is 5.97 Å². The number of esters is 1. The lowest BCUT2D eigenvalue weighted by atomic mass is 9.99. The second-order valence-electron chi connectivity index (χ2n) is 3.84. The van der Waals surface area contributed by atoms with Crippen LogP contribution in [-0.2, 0) is 9.53 Å². The largest absolute Gasteiger partial charge is 0.469 e. The molecule has 88 valence electrons. The number of carbonyl (C=O) groups is 1. The van der Waals surface area contributed by atoms with Crippen LogP contribution in [0.4, 0.5) is 0 Å². The molecular formula is C12H22O3. The molecular weight excluding hydrogens is 192 g/mol. The summed E-state index contributed by atoms with van der Waals surface area (Å²) in [7, 11) is 1.40. The molecule has 0 fully saturated rings. The minimum Gasteiger partial charge on any atom is -0.469 e. The van der Waals surface area contributed by atoms with Crippen LogP contribution in [0.25, 0.3) is 0 Å². The lowest BCUT2D eigenvalue weighted by molar-refractivity contribution is -0.140. The van der Waals surface area contributed by atoms with Gasteiger partial charge in [-0.1, -0.05) is 25.8 Å². The molecule has 0 radical (unpaired) electrons. The Balaban J connectivity index is 3.38. The van der Waals surface area contributed by atoms with Gasteiger partial charge in [-0.25, -0.2) is 0 Å². The van der Waals surface area contributed by atoms with Crippen molar-refractivity contribution in [2.45, 2.75) is 45.1 Å². The van der Waals surface area contributed by atoms with Crippen LogP contribution in [0.15, 0.2) is 12.7 Å². The topological polar surface area (TPSA) is 46.5 Å². The molecule has 0 aromatic heterocycles. The summed E-state index contributed by atoms with van der Waals surface area (Å²) in [6.07, 6.45) is 5.44. The van der Waals surface area contributed by atoms with Crippen LogP contribution in [0, 0.1) is 5.92 Å². The Labute approximate surface area is 92.1 Å². The third kappa shape index (κ3) is 7.14. The molecule has 1 N–H and O–H groups in total. The van der Waals surface area contributed by atoms with Crippen molar-refractivity contribution < 1.29 is 14.6 Å². The number of methoxy groups -OCH3 is 1. The minimum absolute atomic E-state index is 0.144. The third-order valence-electron chi connectivity index (χ3n) is 2.59. The van der Waals surface area contributed by atoms with Gasteiger partial charge in [0.15, 0.2) is 0 Å². The van der Waals surface area contributed by atoms with Gasteiger partial charge in [0.1, 0.15) is 0 Å². The summed E-state index contributed by atoms with van der Waals surface area (Å²) in [6.45, 7) is 5.59. The first kappa shape index (κ1) is 14.2. The predicted octanol–water partition coefficient (Wildman–Crippen LogP) is 2.29. The van der Waals surface area contributed by atoms with Gasteiger partial charge in [0.2, 0.25) is 0 Å². The zero-order valence-electron chi connectivity index (χ0n) is 9.74. The average Bonchev–Trinajstić information content (AvgIpc) is 2.26. The number of hydrogen-bond acceptors (Lipinski definition) is 3. The van der Waals surface area contributed by atoms with Crippen molar-refractivity contribution in [1.82, 2.24) is 0 Å². The van der Waals surface area contributed by atoms with E-state index in [2.05, 4.69) is 11.3 Å². The highest BCUT2D eigenvalue weighted by Crippen LogP contribution is 2.13. The van der Waals surface area contributed by atoms with Crippen molar-refractivity contribution in [3.63, 3.8) is 0 Å². The number of aliphatic hydroxyl groups excluding tert-OH is 1. The van der Waals surface area contributed by atoms with Crippen LogP contribution in [0.1, 0.15) is 39.0 Å². The fourth-order valence-corrected chi connectivity index (χ4v) is 1.32. The zero-order chi connectivity index (χ0) is 11.7. The molecule has 0 aliphatic heterocycles. The fourth-order valence-electron chi connectivity index (χ4n) is 1.32. The maximum atomic E-state index is 10.8. The molecule has 0 bridgehead atoms. The molecule has 0 unspecified atom stereocenters. The summed E-state index contributed by atoms with van der Waals surface area (Å²) in [5, 5.41) is 9.61. The number of carbonyl (C=O) groups excluding carboxylic acids is 1. The first-order valence-electron chi connectivity index (χ1n) is 5.49. The Bertz CT molecular complexity index is 189. The molecule has 15 heavy (non-hydrogen) atoms. The number of unbranched alkanes of at least 4 members (excludes halogenated alkanes) is 2. The molecule has 2 atom stereocenters. The molecule has 0 aromatic carbocycles. The van der Waals surface area contributed by atoms with E-state index in [9.17, 15) is 9.90 Å². The minimum atomic E-state index is -0.305. The first-order valence-corrected chi connectivity index (χ1v) is 5.49. The van der Waals surface area contributed by atoms with E-state index >= 15 is 0 Å². The van der Waals surface area contributed by atoms with Crippen molar-refractivity contribution in [2.24, 2.45) is 5.92 Å². The molecule has 3 nitrogen and oxygen atoms in total. The van der Waals surface area contributed by atoms with Crippen LogP contribution in [-0.4, -0.2) is 24.3 Å². The summed E-state index contributed by atoms with van der Waals surface area (Å²) in [4.78, 5) is 10.8. The summed E-state index contributed by atoms with van der Waals surface area (Å²) < 4.78 is 4.53. The molecule has 0 aliphatic rings.